The summed E-state index contributed by atoms with van der Waals surface area (Å²) in [4.78, 5) is 15.9. The van der Waals surface area contributed by atoms with Crippen LogP contribution < -0.4 is 10.2 Å². The van der Waals surface area contributed by atoms with Gasteiger partial charge in [0.25, 0.3) is 0 Å². The van der Waals surface area contributed by atoms with Crippen molar-refractivity contribution in [2.45, 2.75) is 0 Å². The first-order valence-electron chi connectivity index (χ1n) is 6.05. The average Bonchev–Trinajstić information content (AvgIpc) is 2.35. The lowest BCUT2D eigenvalue weighted by Gasteiger charge is -2.38. The van der Waals surface area contributed by atoms with Gasteiger partial charge in [0.05, 0.1) is 5.69 Å². The third kappa shape index (κ3) is 2.67. The van der Waals surface area contributed by atoms with Gasteiger partial charge in [-0.2, -0.15) is 0 Å². The van der Waals surface area contributed by atoms with Crippen molar-refractivity contribution in [2.75, 3.05) is 38.6 Å². The second kappa shape index (κ2) is 5.71. The molecule has 1 aliphatic heterocycles. The SMILES string of the molecule is CNCC1CN(C)C(=O)N(c2ccccc2Br)C1. The Morgan fingerprint density at radius 1 is 1.39 bits per heavy atom. The van der Waals surface area contributed by atoms with Gasteiger partial charge in [-0.3, -0.25) is 4.90 Å². The van der Waals surface area contributed by atoms with Gasteiger partial charge in [0, 0.05) is 37.1 Å². The second-order valence-electron chi connectivity index (χ2n) is 4.65. The summed E-state index contributed by atoms with van der Waals surface area (Å²) >= 11 is 3.51. The van der Waals surface area contributed by atoms with Gasteiger partial charge in [-0.25, -0.2) is 4.79 Å². The van der Waals surface area contributed by atoms with Crippen molar-refractivity contribution in [3.8, 4) is 0 Å². The van der Waals surface area contributed by atoms with Crippen LogP contribution in [-0.4, -0.2) is 44.7 Å². The number of nitrogens with zero attached hydrogens (tertiary/aromatic N) is 2. The quantitative estimate of drug-likeness (QED) is 0.928. The third-order valence-corrected chi connectivity index (χ3v) is 3.84. The van der Waals surface area contributed by atoms with Gasteiger partial charge in [-0.15, -0.1) is 0 Å². The predicted molar refractivity (Wildman–Crippen MR) is 76.9 cm³/mol. The summed E-state index contributed by atoms with van der Waals surface area (Å²) in [5.74, 6) is 0.449. The van der Waals surface area contributed by atoms with E-state index in [1.54, 1.807) is 4.90 Å². The molecule has 0 radical (unpaired) electrons. The molecule has 1 atom stereocenters. The van der Waals surface area contributed by atoms with E-state index in [4.69, 9.17) is 0 Å². The molecule has 5 heteroatoms. The Kier molecular flexibility index (Phi) is 4.24. The Hall–Kier alpha value is -1.07. The van der Waals surface area contributed by atoms with Crippen LogP contribution in [0.4, 0.5) is 10.5 Å². The van der Waals surface area contributed by atoms with Crippen LogP contribution in [0.25, 0.3) is 0 Å². The average molecular weight is 312 g/mol. The van der Waals surface area contributed by atoms with Crippen molar-refractivity contribution in [1.82, 2.24) is 10.2 Å². The van der Waals surface area contributed by atoms with Gasteiger partial charge in [0.2, 0.25) is 0 Å². The number of para-hydroxylation sites is 1. The number of carbonyl (C=O) groups excluding carboxylic acids is 1. The van der Waals surface area contributed by atoms with E-state index in [0.717, 1.165) is 29.8 Å². The topological polar surface area (TPSA) is 35.6 Å². The second-order valence-corrected chi connectivity index (χ2v) is 5.50. The number of hydrogen-bond acceptors (Lipinski definition) is 2. The molecule has 1 unspecified atom stereocenters. The van der Waals surface area contributed by atoms with Crippen molar-refractivity contribution in [1.29, 1.82) is 0 Å². The van der Waals surface area contributed by atoms with E-state index in [2.05, 4.69) is 21.2 Å². The summed E-state index contributed by atoms with van der Waals surface area (Å²) in [6.07, 6.45) is 0. The number of benzene rings is 1. The number of rotatable bonds is 3. The number of urea groups is 1. The summed E-state index contributed by atoms with van der Waals surface area (Å²) in [5.41, 5.74) is 0.940. The molecule has 4 nitrogen and oxygen atoms in total. The van der Waals surface area contributed by atoms with Crippen LogP contribution in [-0.2, 0) is 0 Å². The Morgan fingerprint density at radius 2 is 2.11 bits per heavy atom. The summed E-state index contributed by atoms with van der Waals surface area (Å²) < 4.78 is 0.955. The minimum absolute atomic E-state index is 0.0641. The van der Waals surface area contributed by atoms with Crippen molar-refractivity contribution in [3.05, 3.63) is 28.7 Å². The zero-order valence-corrected chi connectivity index (χ0v) is 12.3. The lowest BCUT2D eigenvalue weighted by Crippen LogP contribution is -2.54. The number of nitrogens with one attached hydrogen (secondary N) is 1. The fraction of sp³-hybridized carbons (Fsp3) is 0.462. The minimum Gasteiger partial charge on any atom is -0.327 e. The largest absolute Gasteiger partial charge is 0.327 e. The fourth-order valence-corrected chi connectivity index (χ4v) is 2.85. The van der Waals surface area contributed by atoms with Crippen LogP contribution in [0, 0.1) is 5.92 Å². The molecule has 1 heterocycles. The molecule has 1 N–H and O–H groups in total. The van der Waals surface area contributed by atoms with Crippen LogP contribution in [0.2, 0.25) is 0 Å². The standard InChI is InChI=1S/C13H18BrN3O/c1-15-7-10-8-16(2)13(18)17(9-10)12-6-4-3-5-11(12)14/h3-6,10,15H,7-9H2,1-2H3. The van der Waals surface area contributed by atoms with E-state index in [1.165, 1.54) is 0 Å². The van der Waals surface area contributed by atoms with Crippen LogP contribution in [0.5, 0.6) is 0 Å². The summed E-state index contributed by atoms with van der Waals surface area (Å²) in [6.45, 7) is 2.48. The highest BCUT2D eigenvalue weighted by atomic mass is 79.9. The van der Waals surface area contributed by atoms with Gasteiger partial charge in [-0.05, 0) is 35.1 Å². The van der Waals surface area contributed by atoms with Crippen LogP contribution >= 0.6 is 15.9 Å². The Morgan fingerprint density at radius 3 is 2.78 bits per heavy atom. The molecule has 1 aromatic rings. The normalized spacial score (nSPS) is 20.4. The monoisotopic (exact) mass is 311 g/mol. The zero-order valence-electron chi connectivity index (χ0n) is 10.7. The van der Waals surface area contributed by atoms with Gasteiger partial charge < -0.3 is 10.2 Å². The molecule has 0 bridgehead atoms. The van der Waals surface area contributed by atoms with E-state index in [-0.39, 0.29) is 6.03 Å². The maximum Gasteiger partial charge on any atom is 0.324 e. The molecule has 0 spiro atoms. The summed E-state index contributed by atoms with van der Waals surface area (Å²) in [5, 5.41) is 3.18. The Balaban J connectivity index is 2.24. The molecule has 18 heavy (non-hydrogen) atoms. The number of hydrogen-bond donors (Lipinski definition) is 1. The molecule has 2 amide bonds. The lowest BCUT2D eigenvalue weighted by molar-refractivity contribution is 0.192. The van der Waals surface area contributed by atoms with E-state index >= 15 is 0 Å². The Bertz CT molecular complexity index is 438. The molecule has 1 saturated heterocycles. The number of carbonyl (C=O) groups is 1. The highest BCUT2D eigenvalue weighted by molar-refractivity contribution is 9.10. The lowest BCUT2D eigenvalue weighted by atomic mass is 10.1. The molecule has 0 saturated carbocycles. The van der Waals surface area contributed by atoms with Gasteiger partial charge >= 0.3 is 6.03 Å². The van der Waals surface area contributed by atoms with Crippen molar-refractivity contribution in [2.24, 2.45) is 5.92 Å². The first kappa shape index (κ1) is 13.4. The molecule has 98 valence electrons. The first-order chi connectivity index (χ1) is 8.63. The minimum atomic E-state index is 0.0641. The van der Waals surface area contributed by atoms with E-state index in [9.17, 15) is 4.79 Å². The highest BCUT2D eigenvalue weighted by Crippen LogP contribution is 2.29. The molecule has 2 rings (SSSR count). The molecule has 1 fully saturated rings. The molecule has 0 aliphatic carbocycles. The number of amides is 2. The molecule has 0 aromatic heterocycles. The molecule has 1 aromatic carbocycles. The molecule has 1 aliphatic rings. The fourth-order valence-electron chi connectivity index (χ4n) is 2.36. The maximum absolute atomic E-state index is 12.2. The number of halogens is 1. The van der Waals surface area contributed by atoms with Gasteiger partial charge in [0.15, 0.2) is 0 Å². The van der Waals surface area contributed by atoms with Crippen LogP contribution in [0.1, 0.15) is 0 Å². The smallest absolute Gasteiger partial charge is 0.324 e. The molecular formula is C13H18BrN3O. The van der Waals surface area contributed by atoms with Crippen LogP contribution in [0.15, 0.2) is 28.7 Å². The van der Waals surface area contributed by atoms with Gasteiger partial charge in [-0.1, -0.05) is 12.1 Å². The van der Waals surface area contributed by atoms with E-state index in [0.29, 0.717) is 5.92 Å². The first-order valence-corrected chi connectivity index (χ1v) is 6.84. The van der Waals surface area contributed by atoms with Crippen molar-refractivity contribution >= 4 is 27.6 Å². The Labute approximate surface area is 116 Å². The predicted octanol–water partition coefficient (Wildman–Crippen LogP) is 2.16. The summed E-state index contributed by atoms with van der Waals surface area (Å²) in [7, 11) is 3.80. The number of anilines is 1. The van der Waals surface area contributed by atoms with E-state index in [1.807, 2.05) is 43.3 Å². The maximum atomic E-state index is 12.2. The zero-order chi connectivity index (χ0) is 13.1. The van der Waals surface area contributed by atoms with Gasteiger partial charge in [0.1, 0.15) is 0 Å². The summed E-state index contributed by atoms with van der Waals surface area (Å²) in [6, 6.07) is 7.91. The third-order valence-electron chi connectivity index (χ3n) is 3.17. The van der Waals surface area contributed by atoms with Crippen molar-refractivity contribution in [3.63, 3.8) is 0 Å². The highest BCUT2D eigenvalue weighted by Gasteiger charge is 2.30. The van der Waals surface area contributed by atoms with Crippen molar-refractivity contribution < 1.29 is 4.79 Å². The molecular weight excluding hydrogens is 294 g/mol. The van der Waals surface area contributed by atoms with E-state index < -0.39 is 0 Å². The van der Waals surface area contributed by atoms with Crippen LogP contribution in [0.3, 0.4) is 0 Å².